The Morgan fingerprint density at radius 2 is 1.40 bits per heavy atom. The van der Waals surface area contributed by atoms with E-state index in [1.54, 1.807) is 20.8 Å². The Labute approximate surface area is 180 Å². The highest BCUT2D eigenvalue weighted by atomic mass is 16.6. The van der Waals surface area contributed by atoms with Gasteiger partial charge in [-0.05, 0) is 44.2 Å². The molecule has 0 heterocycles. The predicted molar refractivity (Wildman–Crippen MR) is 120 cm³/mol. The first-order valence-corrected chi connectivity index (χ1v) is 10.5. The van der Waals surface area contributed by atoms with Crippen LogP contribution in [0.5, 0.6) is 0 Å². The maximum Gasteiger partial charge on any atom is 0.414 e. The van der Waals surface area contributed by atoms with E-state index in [0.29, 0.717) is 18.9 Å². The molecule has 0 radical (unpaired) electrons. The molecule has 30 heavy (non-hydrogen) atoms. The zero-order valence-corrected chi connectivity index (χ0v) is 18.6. The summed E-state index contributed by atoms with van der Waals surface area (Å²) in [5, 5.41) is 5.78. The first-order valence-electron chi connectivity index (χ1n) is 10.5. The Morgan fingerprint density at radius 1 is 0.900 bits per heavy atom. The van der Waals surface area contributed by atoms with Crippen molar-refractivity contribution in [2.45, 2.75) is 58.6 Å². The van der Waals surface area contributed by atoms with Gasteiger partial charge in [-0.25, -0.2) is 4.79 Å². The number of carbonyl (C=O) groups is 2. The molecule has 0 aliphatic carbocycles. The van der Waals surface area contributed by atoms with Crippen LogP contribution in [0.3, 0.4) is 0 Å². The molecule has 0 saturated heterocycles. The summed E-state index contributed by atoms with van der Waals surface area (Å²) in [5.41, 5.74) is 1.69. The zero-order chi connectivity index (χ0) is 22.1. The van der Waals surface area contributed by atoms with Crippen LogP contribution in [0.4, 0.5) is 4.79 Å². The number of ether oxygens (including phenoxy) is 1. The lowest BCUT2D eigenvalue weighted by Gasteiger charge is -2.25. The van der Waals surface area contributed by atoms with E-state index in [9.17, 15) is 9.59 Å². The van der Waals surface area contributed by atoms with Gasteiger partial charge < -0.3 is 10.1 Å². The number of amides is 2. The summed E-state index contributed by atoms with van der Waals surface area (Å²) >= 11 is 0. The number of carbonyl (C=O) groups excluding carboxylic acids is 2. The Hall–Kier alpha value is -2.66. The number of benzene rings is 2. The average Bonchev–Trinajstić information content (AvgIpc) is 2.67. The number of hydrogen-bond donors (Lipinski definition) is 2. The second-order valence-electron chi connectivity index (χ2n) is 8.96. The molecule has 1 atom stereocenters. The topological polar surface area (TPSA) is 67.4 Å². The minimum Gasteiger partial charge on any atom is -0.444 e. The smallest absolute Gasteiger partial charge is 0.414 e. The summed E-state index contributed by atoms with van der Waals surface area (Å²) in [6.07, 6.45) is -0.101. The zero-order valence-electron chi connectivity index (χ0n) is 18.6. The Kier molecular flexibility index (Phi) is 8.60. The Balaban J connectivity index is 2.13. The quantitative estimate of drug-likeness (QED) is 0.651. The molecule has 0 bridgehead atoms. The molecule has 162 valence electrons. The number of rotatable bonds is 8. The van der Waals surface area contributed by atoms with Crippen LogP contribution in [0.1, 0.15) is 58.1 Å². The second-order valence-corrected chi connectivity index (χ2v) is 8.96. The highest BCUT2D eigenvalue weighted by Gasteiger charge is 2.25. The molecule has 2 N–H and O–H groups in total. The summed E-state index contributed by atoms with van der Waals surface area (Å²) in [5.74, 6) is 0.0213. The van der Waals surface area contributed by atoms with Crippen LogP contribution < -0.4 is 10.6 Å². The van der Waals surface area contributed by atoms with E-state index in [4.69, 9.17) is 4.74 Å². The summed E-state index contributed by atoms with van der Waals surface area (Å²) < 4.78 is 5.23. The van der Waals surface area contributed by atoms with Crippen molar-refractivity contribution in [3.8, 4) is 0 Å². The van der Waals surface area contributed by atoms with E-state index >= 15 is 0 Å². The van der Waals surface area contributed by atoms with Crippen molar-refractivity contribution in [2.75, 3.05) is 6.54 Å². The van der Waals surface area contributed by atoms with Gasteiger partial charge in [0, 0.05) is 12.5 Å². The molecule has 0 fully saturated rings. The largest absolute Gasteiger partial charge is 0.444 e. The lowest BCUT2D eigenvalue weighted by atomic mass is 9.90. The van der Waals surface area contributed by atoms with Gasteiger partial charge in [-0.3, -0.25) is 10.1 Å². The molecule has 0 spiro atoms. The van der Waals surface area contributed by atoms with Crippen molar-refractivity contribution in [3.05, 3.63) is 71.8 Å². The third-order valence-corrected chi connectivity index (χ3v) is 4.62. The summed E-state index contributed by atoms with van der Waals surface area (Å²) in [7, 11) is 0. The van der Waals surface area contributed by atoms with Crippen LogP contribution in [0.25, 0.3) is 0 Å². The fourth-order valence-corrected chi connectivity index (χ4v) is 3.30. The average molecular weight is 411 g/mol. The van der Waals surface area contributed by atoms with Gasteiger partial charge >= 0.3 is 6.09 Å². The standard InChI is InChI=1S/C25H34N2O3/c1-18(2)16-22(23(28)27-24(29)30-25(3,4)5)26-17-21(19-12-8-6-9-13-19)20-14-10-7-11-15-20/h6-15,18,21-22,26H,16-17H2,1-5H3,(H,27,28,29)/t22-/m0/s1. The highest BCUT2D eigenvalue weighted by Crippen LogP contribution is 2.24. The lowest BCUT2D eigenvalue weighted by Crippen LogP contribution is -2.49. The maximum absolute atomic E-state index is 12.8. The monoisotopic (exact) mass is 410 g/mol. The van der Waals surface area contributed by atoms with Gasteiger partial charge in [0.2, 0.25) is 5.91 Å². The van der Waals surface area contributed by atoms with Gasteiger partial charge in [0.15, 0.2) is 0 Å². The summed E-state index contributed by atoms with van der Waals surface area (Å²) in [4.78, 5) is 24.8. The van der Waals surface area contributed by atoms with Crippen LogP contribution in [0.2, 0.25) is 0 Å². The molecule has 2 rings (SSSR count). The van der Waals surface area contributed by atoms with Crippen molar-refractivity contribution >= 4 is 12.0 Å². The Morgan fingerprint density at radius 3 is 1.83 bits per heavy atom. The predicted octanol–water partition coefficient (Wildman–Crippen LogP) is 4.87. The van der Waals surface area contributed by atoms with E-state index in [1.807, 2.05) is 36.4 Å². The van der Waals surface area contributed by atoms with Crippen LogP contribution in [0, 0.1) is 5.92 Å². The fourth-order valence-electron chi connectivity index (χ4n) is 3.30. The van der Waals surface area contributed by atoms with E-state index in [0.717, 1.165) is 0 Å². The molecule has 0 aliphatic rings. The molecule has 0 aliphatic heterocycles. The van der Waals surface area contributed by atoms with Crippen LogP contribution >= 0.6 is 0 Å². The van der Waals surface area contributed by atoms with Crippen LogP contribution in [-0.2, 0) is 9.53 Å². The third-order valence-electron chi connectivity index (χ3n) is 4.62. The minimum absolute atomic E-state index is 0.0939. The van der Waals surface area contributed by atoms with Gasteiger partial charge in [0.25, 0.3) is 0 Å². The van der Waals surface area contributed by atoms with Gasteiger partial charge in [-0.15, -0.1) is 0 Å². The highest BCUT2D eigenvalue weighted by molar-refractivity contribution is 5.95. The van der Waals surface area contributed by atoms with Crippen molar-refractivity contribution < 1.29 is 14.3 Å². The van der Waals surface area contributed by atoms with Crippen molar-refractivity contribution in [1.29, 1.82) is 0 Å². The van der Waals surface area contributed by atoms with Crippen molar-refractivity contribution in [1.82, 2.24) is 10.6 Å². The summed E-state index contributed by atoms with van der Waals surface area (Å²) in [6, 6.07) is 20.0. The Bertz CT molecular complexity index is 759. The van der Waals surface area contributed by atoms with Crippen molar-refractivity contribution in [2.24, 2.45) is 5.92 Å². The molecule has 5 nitrogen and oxygen atoms in total. The SMILES string of the molecule is CC(C)C[C@H](NCC(c1ccccc1)c1ccccc1)C(=O)NC(=O)OC(C)(C)C. The molecule has 2 aromatic rings. The van der Waals surface area contributed by atoms with Gasteiger partial charge in [0.05, 0.1) is 6.04 Å². The molecule has 0 unspecified atom stereocenters. The molecule has 0 aromatic heterocycles. The molecule has 0 saturated carbocycles. The van der Waals surface area contributed by atoms with E-state index < -0.39 is 17.7 Å². The molecule has 2 amide bonds. The lowest BCUT2D eigenvalue weighted by molar-refractivity contribution is -0.123. The number of hydrogen-bond acceptors (Lipinski definition) is 4. The third kappa shape index (κ3) is 7.99. The van der Waals surface area contributed by atoms with Crippen molar-refractivity contribution in [3.63, 3.8) is 0 Å². The number of alkyl carbamates (subject to hydrolysis) is 1. The maximum atomic E-state index is 12.8. The minimum atomic E-state index is -0.717. The first kappa shape index (κ1) is 23.6. The van der Waals surface area contributed by atoms with E-state index in [1.165, 1.54) is 11.1 Å². The van der Waals surface area contributed by atoms with Gasteiger partial charge in [0.1, 0.15) is 5.60 Å². The molecule has 2 aromatic carbocycles. The second kappa shape index (κ2) is 10.9. The van der Waals surface area contributed by atoms with Gasteiger partial charge in [-0.2, -0.15) is 0 Å². The first-order chi connectivity index (χ1) is 14.2. The molecular formula is C25H34N2O3. The van der Waals surface area contributed by atoms with E-state index in [2.05, 4.69) is 48.7 Å². The summed E-state index contributed by atoms with van der Waals surface area (Å²) in [6.45, 7) is 10.00. The fraction of sp³-hybridized carbons (Fsp3) is 0.440. The van der Waals surface area contributed by atoms with Crippen LogP contribution in [-0.4, -0.2) is 30.2 Å². The number of nitrogens with one attached hydrogen (secondary N) is 2. The van der Waals surface area contributed by atoms with E-state index in [-0.39, 0.29) is 11.8 Å². The number of imide groups is 1. The molecule has 5 heteroatoms. The van der Waals surface area contributed by atoms with Gasteiger partial charge in [-0.1, -0.05) is 74.5 Å². The van der Waals surface area contributed by atoms with Crippen LogP contribution in [0.15, 0.2) is 60.7 Å². The normalized spacial score (nSPS) is 12.6. The molecular weight excluding hydrogens is 376 g/mol.